The molecule has 46 valence electrons. The summed E-state index contributed by atoms with van der Waals surface area (Å²) < 4.78 is 10.2. The van der Waals surface area contributed by atoms with Crippen LogP contribution < -0.4 is 9.47 Å². The molecule has 2 heterocycles. The van der Waals surface area contributed by atoms with Gasteiger partial charge in [-0.05, 0) is 0 Å². The third kappa shape index (κ3) is 0.784. The van der Waals surface area contributed by atoms with Crippen LogP contribution in [0.15, 0.2) is 22.4 Å². The monoisotopic (exact) mass is 188 g/mol. The summed E-state index contributed by atoms with van der Waals surface area (Å²) >= 11 is 0.441. The molecule has 0 N–H and O–H groups in total. The fourth-order valence-electron chi connectivity index (χ4n) is 0.648. The van der Waals surface area contributed by atoms with E-state index in [0.717, 1.165) is 11.5 Å². The van der Waals surface area contributed by atoms with Crippen molar-refractivity contribution in [3.8, 4) is 11.5 Å². The molecule has 0 fully saturated rings. The van der Waals surface area contributed by atoms with Crippen molar-refractivity contribution >= 4 is 14.5 Å². The van der Waals surface area contributed by atoms with Crippen LogP contribution in [0, 0.1) is 0 Å². The molecule has 0 atom stereocenters. The van der Waals surface area contributed by atoms with Gasteiger partial charge < -0.3 is 0 Å². The zero-order valence-corrected chi connectivity index (χ0v) is 6.25. The van der Waals surface area contributed by atoms with Gasteiger partial charge in [0.05, 0.1) is 0 Å². The van der Waals surface area contributed by atoms with Gasteiger partial charge in [0.15, 0.2) is 0 Å². The summed E-state index contributed by atoms with van der Waals surface area (Å²) in [5.74, 6) is 1.75. The Bertz CT molecular complexity index is 216. The maximum absolute atomic E-state index is 5.10. The Morgan fingerprint density at radius 1 is 1.00 bits per heavy atom. The molecule has 0 aromatic carbocycles. The van der Waals surface area contributed by atoms with Gasteiger partial charge in [-0.25, -0.2) is 0 Å². The van der Waals surface area contributed by atoms with E-state index in [0.29, 0.717) is 14.5 Å². The van der Waals surface area contributed by atoms with E-state index < -0.39 is 0 Å². The van der Waals surface area contributed by atoms with Gasteiger partial charge in [-0.2, -0.15) is 0 Å². The standard InChI is InChI=1S/C6H4O2Se/c1-2-8-6-4-9-3-5(6)7-1/h1-4H. The number of hydrogen-bond acceptors (Lipinski definition) is 2. The minimum atomic E-state index is 0.441. The Morgan fingerprint density at radius 2 is 1.56 bits per heavy atom. The number of ether oxygens (including phenoxy) is 2. The molecule has 0 saturated carbocycles. The van der Waals surface area contributed by atoms with Crippen molar-refractivity contribution in [2.24, 2.45) is 0 Å². The molecule has 0 spiro atoms. The van der Waals surface area contributed by atoms with Crippen molar-refractivity contribution in [2.45, 2.75) is 0 Å². The SMILES string of the molecule is C1=COc2c[se]cc2O1. The first-order valence-corrected chi connectivity index (χ1v) is 4.49. The van der Waals surface area contributed by atoms with Gasteiger partial charge >= 0.3 is 57.9 Å². The quantitative estimate of drug-likeness (QED) is 0.564. The van der Waals surface area contributed by atoms with Gasteiger partial charge in [-0.15, -0.1) is 0 Å². The van der Waals surface area contributed by atoms with E-state index in [4.69, 9.17) is 9.47 Å². The Labute approximate surface area is 58.5 Å². The topological polar surface area (TPSA) is 18.5 Å². The van der Waals surface area contributed by atoms with E-state index in [1.165, 1.54) is 0 Å². The Kier molecular flexibility index (Phi) is 1.11. The predicted molar refractivity (Wildman–Crippen MR) is 33.8 cm³/mol. The van der Waals surface area contributed by atoms with Gasteiger partial charge in [0.25, 0.3) is 0 Å². The first-order valence-electron chi connectivity index (χ1n) is 2.51. The first-order chi connectivity index (χ1) is 4.47. The zero-order chi connectivity index (χ0) is 6.10. The van der Waals surface area contributed by atoms with Crippen LogP contribution in [0.4, 0.5) is 0 Å². The van der Waals surface area contributed by atoms with Crippen molar-refractivity contribution < 1.29 is 9.47 Å². The van der Waals surface area contributed by atoms with Crippen molar-refractivity contribution in [3.05, 3.63) is 22.4 Å². The maximum atomic E-state index is 5.10. The normalized spacial score (nSPS) is 13.8. The third-order valence-corrected chi connectivity index (χ3v) is 2.51. The molecule has 3 heteroatoms. The van der Waals surface area contributed by atoms with Crippen molar-refractivity contribution in [1.82, 2.24) is 0 Å². The fraction of sp³-hybridized carbons (Fsp3) is 0. The molecule has 0 bridgehead atoms. The summed E-state index contributed by atoms with van der Waals surface area (Å²) in [6.07, 6.45) is 3.09. The number of fused-ring (bicyclic) bond motifs is 1. The number of rotatable bonds is 0. The average Bonchev–Trinajstić information content (AvgIpc) is 2.33. The molecule has 0 aliphatic carbocycles. The second-order valence-corrected chi connectivity index (χ2v) is 3.17. The van der Waals surface area contributed by atoms with Crippen LogP contribution in [0.2, 0.25) is 0 Å². The van der Waals surface area contributed by atoms with Crippen molar-refractivity contribution in [1.29, 1.82) is 0 Å². The van der Waals surface area contributed by atoms with Crippen LogP contribution in [-0.4, -0.2) is 14.5 Å². The first kappa shape index (κ1) is 5.15. The average molecular weight is 187 g/mol. The Balaban J connectivity index is 2.46. The van der Waals surface area contributed by atoms with Crippen LogP contribution in [0.3, 0.4) is 0 Å². The summed E-state index contributed by atoms with van der Waals surface area (Å²) in [6.45, 7) is 0. The van der Waals surface area contributed by atoms with E-state index in [1.807, 2.05) is 9.88 Å². The molecule has 1 aliphatic heterocycles. The molecular weight excluding hydrogens is 183 g/mol. The molecule has 9 heavy (non-hydrogen) atoms. The molecule has 1 aromatic heterocycles. The molecule has 0 saturated heterocycles. The summed E-state index contributed by atoms with van der Waals surface area (Å²) in [4.78, 5) is 4.09. The summed E-state index contributed by atoms with van der Waals surface area (Å²) in [6, 6.07) is 0. The van der Waals surface area contributed by atoms with Crippen LogP contribution in [-0.2, 0) is 0 Å². The van der Waals surface area contributed by atoms with Crippen LogP contribution in [0.1, 0.15) is 0 Å². The van der Waals surface area contributed by atoms with E-state index in [9.17, 15) is 0 Å². The van der Waals surface area contributed by atoms with Crippen molar-refractivity contribution in [3.63, 3.8) is 0 Å². The predicted octanol–water partition coefficient (Wildman–Crippen LogP) is 0.986. The van der Waals surface area contributed by atoms with E-state index in [1.54, 1.807) is 12.5 Å². The molecule has 1 aliphatic rings. The van der Waals surface area contributed by atoms with E-state index >= 15 is 0 Å². The minimum absolute atomic E-state index is 0.441. The summed E-state index contributed by atoms with van der Waals surface area (Å²) in [5.41, 5.74) is 0. The van der Waals surface area contributed by atoms with Gasteiger partial charge in [0.1, 0.15) is 0 Å². The van der Waals surface area contributed by atoms with Gasteiger partial charge in [0, 0.05) is 0 Å². The van der Waals surface area contributed by atoms with Crippen LogP contribution in [0.5, 0.6) is 11.5 Å². The fourth-order valence-corrected chi connectivity index (χ4v) is 2.03. The van der Waals surface area contributed by atoms with Crippen LogP contribution >= 0.6 is 0 Å². The van der Waals surface area contributed by atoms with Gasteiger partial charge in [-0.3, -0.25) is 0 Å². The molecule has 2 nitrogen and oxygen atoms in total. The Hall–Kier alpha value is -0.661. The molecule has 0 unspecified atom stereocenters. The number of hydrogen-bond donors (Lipinski definition) is 0. The molecule has 1 aromatic rings. The third-order valence-electron chi connectivity index (χ3n) is 1.04. The van der Waals surface area contributed by atoms with Gasteiger partial charge in [0.2, 0.25) is 0 Å². The zero-order valence-electron chi connectivity index (χ0n) is 4.53. The van der Waals surface area contributed by atoms with E-state index in [2.05, 4.69) is 0 Å². The molecule has 2 rings (SSSR count). The van der Waals surface area contributed by atoms with Gasteiger partial charge in [-0.1, -0.05) is 0 Å². The Morgan fingerprint density at radius 3 is 2.11 bits per heavy atom. The molecular formula is C6H4O2Se. The second-order valence-electron chi connectivity index (χ2n) is 1.61. The molecule has 0 radical (unpaired) electrons. The summed E-state index contributed by atoms with van der Waals surface area (Å²) in [7, 11) is 0. The van der Waals surface area contributed by atoms with Crippen molar-refractivity contribution in [2.75, 3.05) is 0 Å². The molecule has 0 amide bonds. The second kappa shape index (κ2) is 1.94. The summed E-state index contributed by atoms with van der Waals surface area (Å²) in [5, 5.41) is 0. The van der Waals surface area contributed by atoms with E-state index in [-0.39, 0.29) is 0 Å². The van der Waals surface area contributed by atoms with Crippen LogP contribution in [0.25, 0.3) is 0 Å².